The van der Waals surface area contributed by atoms with Crippen molar-refractivity contribution in [2.24, 2.45) is 4.74 Å². The van der Waals surface area contributed by atoms with Crippen molar-refractivity contribution in [3.8, 4) is 0 Å². The van der Waals surface area contributed by atoms with Gasteiger partial charge in [0.1, 0.15) is 0 Å². The van der Waals surface area contributed by atoms with E-state index in [9.17, 15) is 22.0 Å². The number of anilines is 2. The first-order chi connectivity index (χ1) is 16.2. The highest BCUT2D eigenvalue weighted by Crippen LogP contribution is 2.70. The van der Waals surface area contributed by atoms with Crippen molar-refractivity contribution in [2.75, 3.05) is 10.2 Å². The van der Waals surface area contributed by atoms with E-state index in [1.807, 2.05) is 0 Å². The van der Waals surface area contributed by atoms with Crippen molar-refractivity contribution in [1.82, 2.24) is 0 Å². The van der Waals surface area contributed by atoms with Gasteiger partial charge >= 0.3 is 17.8 Å². The second-order valence-electron chi connectivity index (χ2n) is 8.14. The van der Waals surface area contributed by atoms with E-state index in [1.54, 1.807) is 20.8 Å². The number of aryl methyl sites for hydroxylation is 3. The van der Waals surface area contributed by atoms with Gasteiger partial charge < -0.3 is 10.2 Å². The first kappa shape index (κ1) is 26.6. The number of nitrogens with one attached hydrogen (secondary N) is 2. The first-order valence-corrected chi connectivity index (χ1v) is 12.1. The van der Waals surface area contributed by atoms with Gasteiger partial charge in [0.2, 0.25) is 7.36 Å². The third-order valence-corrected chi connectivity index (χ3v) is 7.91. The van der Waals surface area contributed by atoms with Gasteiger partial charge in [0, 0.05) is 11.4 Å². The zero-order valence-electron chi connectivity index (χ0n) is 19.0. The molecule has 3 aromatic carbocycles. The molecule has 0 fully saturated rings. The summed E-state index contributed by atoms with van der Waals surface area (Å²) in [5, 5.41) is 4.54. The van der Waals surface area contributed by atoms with Gasteiger partial charge in [0.15, 0.2) is 0 Å². The molecule has 3 rings (SSSR count). The SMILES string of the molecule is Cc1ccc(N=P(Nc2ccc(C)cc2)(Nc2ccc(C)cc2)C(F)(F)C(F)(F)C(F)(F)F)cc1. The molecule has 0 aliphatic rings. The van der Waals surface area contributed by atoms with Crippen LogP contribution in [0.4, 0.5) is 47.8 Å². The van der Waals surface area contributed by atoms with Crippen LogP contribution >= 0.6 is 7.36 Å². The van der Waals surface area contributed by atoms with Crippen molar-refractivity contribution < 1.29 is 30.7 Å². The Kier molecular flexibility index (Phi) is 7.27. The maximum absolute atomic E-state index is 15.7. The molecule has 0 aliphatic heterocycles. The van der Waals surface area contributed by atoms with Gasteiger partial charge in [-0.15, -0.1) is 0 Å². The molecule has 11 heteroatoms. The molecule has 188 valence electrons. The fraction of sp³-hybridized carbons (Fsp3) is 0.250. The number of nitrogens with zero attached hydrogens (tertiary/aromatic N) is 1. The van der Waals surface area contributed by atoms with Crippen LogP contribution in [0.25, 0.3) is 0 Å². The van der Waals surface area contributed by atoms with E-state index in [0.29, 0.717) is 0 Å². The molecule has 0 spiro atoms. The molecule has 0 bridgehead atoms. The maximum atomic E-state index is 15.7. The Morgan fingerprint density at radius 1 is 0.571 bits per heavy atom. The molecule has 3 nitrogen and oxygen atoms in total. The van der Waals surface area contributed by atoms with E-state index in [0.717, 1.165) is 16.7 Å². The monoisotopic (exact) mass is 517 g/mol. The highest BCUT2D eigenvalue weighted by atomic mass is 31.2. The van der Waals surface area contributed by atoms with Crippen molar-refractivity contribution >= 4 is 24.4 Å². The second-order valence-corrected chi connectivity index (χ2v) is 10.6. The van der Waals surface area contributed by atoms with Gasteiger partial charge in [0.05, 0.1) is 5.69 Å². The molecule has 0 amide bonds. The predicted octanol–water partition coefficient (Wildman–Crippen LogP) is 9.29. The van der Waals surface area contributed by atoms with Crippen LogP contribution in [0.1, 0.15) is 16.7 Å². The van der Waals surface area contributed by atoms with Gasteiger partial charge in [-0.05, 0) is 57.2 Å². The summed E-state index contributed by atoms with van der Waals surface area (Å²) >= 11 is 0. The van der Waals surface area contributed by atoms with Gasteiger partial charge in [-0.2, -0.15) is 30.7 Å². The van der Waals surface area contributed by atoms with Crippen molar-refractivity contribution in [3.63, 3.8) is 0 Å². The minimum absolute atomic E-state index is 0.0999. The summed E-state index contributed by atoms with van der Waals surface area (Å²) in [6.07, 6.45) is -6.53. The average molecular weight is 517 g/mol. The van der Waals surface area contributed by atoms with Crippen LogP contribution in [0, 0.1) is 20.8 Å². The summed E-state index contributed by atoms with van der Waals surface area (Å²) in [6.45, 7) is 5.12. The lowest BCUT2D eigenvalue weighted by Crippen LogP contribution is -2.53. The molecule has 0 saturated carbocycles. The lowest BCUT2D eigenvalue weighted by atomic mass is 10.2. The average Bonchev–Trinajstić information content (AvgIpc) is 2.77. The fourth-order valence-corrected chi connectivity index (χ4v) is 5.69. The predicted molar refractivity (Wildman–Crippen MR) is 126 cm³/mol. The van der Waals surface area contributed by atoms with Crippen LogP contribution in [0.3, 0.4) is 0 Å². The normalized spacial score (nSPS) is 12.9. The fourth-order valence-electron chi connectivity index (χ4n) is 3.07. The zero-order valence-corrected chi connectivity index (χ0v) is 19.9. The Bertz CT molecular complexity index is 1150. The Balaban J connectivity index is 2.35. The number of rotatable bonds is 7. The third-order valence-electron chi connectivity index (χ3n) is 5.12. The van der Waals surface area contributed by atoms with Crippen LogP contribution in [-0.4, -0.2) is 17.8 Å². The van der Waals surface area contributed by atoms with E-state index in [1.165, 1.54) is 72.8 Å². The Morgan fingerprint density at radius 3 is 1.26 bits per heavy atom. The summed E-state index contributed by atoms with van der Waals surface area (Å²) in [5.41, 5.74) is -3.91. The van der Waals surface area contributed by atoms with Crippen LogP contribution < -0.4 is 10.2 Å². The summed E-state index contributed by atoms with van der Waals surface area (Å²) in [5.74, 6) is -6.41. The molecule has 3 aromatic rings. The molecule has 0 unspecified atom stereocenters. The number of alkyl halides is 7. The third kappa shape index (κ3) is 5.48. The molecule has 35 heavy (non-hydrogen) atoms. The molecule has 0 aromatic heterocycles. The van der Waals surface area contributed by atoms with Gasteiger partial charge in [-0.25, -0.2) is 4.74 Å². The van der Waals surface area contributed by atoms with Crippen LogP contribution in [0.5, 0.6) is 0 Å². The minimum Gasteiger partial charge on any atom is -0.332 e. The summed E-state index contributed by atoms with van der Waals surface area (Å²) < 4.78 is 104. The molecular weight excluding hydrogens is 494 g/mol. The second kappa shape index (κ2) is 9.57. The van der Waals surface area contributed by atoms with Gasteiger partial charge in [-0.3, -0.25) is 0 Å². The smallest absolute Gasteiger partial charge is 0.332 e. The first-order valence-electron chi connectivity index (χ1n) is 10.4. The topological polar surface area (TPSA) is 36.4 Å². The molecule has 2 N–H and O–H groups in total. The largest absolute Gasteiger partial charge is 0.460 e. The minimum atomic E-state index is -6.53. The molecule has 0 aliphatic carbocycles. The van der Waals surface area contributed by atoms with Gasteiger partial charge in [-0.1, -0.05) is 53.1 Å². The highest BCUT2D eigenvalue weighted by Gasteiger charge is 2.78. The number of benzene rings is 3. The number of hydrogen-bond donors (Lipinski definition) is 2. The summed E-state index contributed by atoms with van der Waals surface area (Å²) in [6, 6.07) is 16.8. The standard InChI is InChI=1S/C24H23F7N3P/c1-16-4-10-19(11-5-16)32-35(33-20-12-6-17(2)7-13-20,34-21-14-8-18(3)9-15-21)24(30,31)22(25,26)23(27,28)29/h4-15,32-33H,1-3H3. The van der Waals surface area contributed by atoms with E-state index >= 15 is 8.78 Å². The lowest BCUT2D eigenvalue weighted by Gasteiger charge is -2.39. The number of hydrogen-bond acceptors (Lipinski definition) is 1. The highest BCUT2D eigenvalue weighted by molar-refractivity contribution is 7.70. The molecule has 0 saturated heterocycles. The summed E-state index contributed by atoms with van der Waals surface area (Å²) in [4.78, 5) is 0. The molecule has 0 atom stereocenters. The van der Waals surface area contributed by atoms with Crippen LogP contribution in [0.15, 0.2) is 77.5 Å². The van der Waals surface area contributed by atoms with Crippen LogP contribution in [-0.2, 0) is 0 Å². The van der Waals surface area contributed by atoms with E-state index < -0.39 is 25.1 Å². The van der Waals surface area contributed by atoms with Crippen molar-refractivity contribution in [3.05, 3.63) is 89.5 Å². The van der Waals surface area contributed by atoms with E-state index in [-0.39, 0.29) is 17.1 Å². The van der Waals surface area contributed by atoms with Crippen LogP contribution in [0.2, 0.25) is 0 Å². The van der Waals surface area contributed by atoms with Gasteiger partial charge in [0.25, 0.3) is 0 Å². The van der Waals surface area contributed by atoms with E-state index in [4.69, 9.17) is 0 Å². The van der Waals surface area contributed by atoms with E-state index in [2.05, 4.69) is 14.9 Å². The quantitative estimate of drug-likeness (QED) is 0.242. The zero-order chi connectivity index (χ0) is 26.1. The maximum Gasteiger partial charge on any atom is 0.460 e. The summed E-state index contributed by atoms with van der Waals surface area (Å²) in [7, 11) is -5.31. The van der Waals surface area contributed by atoms with Crippen molar-refractivity contribution in [2.45, 2.75) is 38.5 Å². The lowest BCUT2D eigenvalue weighted by molar-refractivity contribution is -0.332. The Labute approximate surface area is 198 Å². The molecular formula is C24H23F7N3P. The Hall–Kier alpha value is -3.00. The molecule has 0 radical (unpaired) electrons. The Morgan fingerprint density at radius 2 is 0.914 bits per heavy atom. The molecule has 0 heterocycles. The number of halogens is 7. The van der Waals surface area contributed by atoms with Crippen molar-refractivity contribution in [1.29, 1.82) is 0 Å².